The van der Waals surface area contributed by atoms with E-state index in [9.17, 15) is 14.4 Å². The van der Waals surface area contributed by atoms with Crippen LogP contribution in [0, 0.1) is 11.8 Å². The van der Waals surface area contributed by atoms with Gasteiger partial charge in [0, 0.05) is 25.4 Å². The van der Waals surface area contributed by atoms with Gasteiger partial charge in [-0.1, -0.05) is 79.9 Å². The van der Waals surface area contributed by atoms with Crippen molar-refractivity contribution in [2.24, 2.45) is 11.8 Å². The summed E-state index contributed by atoms with van der Waals surface area (Å²) in [5.41, 5.74) is 1.92. The fourth-order valence-corrected chi connectivity index (χ4v) is 4.51. The van der Waals surface area contributed by atoms with Gasteiger partial charge in [0.25, 0.3) is 0 Å². The number of ether oxygens (including phenoxy) is 2. The summed E-state index contributed by atoms with van der Waals surface area (Å²) in [6.07, 6.45) is 6.19. The highest BCUT2D eigenvalue weighted by Crippen LogP contribution is 2.29. The minimum Gasteiger partial charge on any atom is -0.461 e. The van der Waals surface area contributed by atoms with Gasteiger partial charge in [0.15, 0.2) is 0 Å². The van der Waals surface area contributed by atoms with Crippen LogP contribution >= 0.6 is 0 Å². The standard InChI is InChI=1S/C29H38N2O5/c32-27(35-21-23-12-4-1-5-13-23)18-8-3-11-19-30-28(33)26-17-10-9-16-25(26)20-31-29(34)36-22-24-14-6-2-7-15-24/h1-2,4-7,12-15,25-26H,3,8-11,16-22H2,(H,30,33)(H,31,34). The Hall–Kier alpha value is -3.35. The molecule has 7 nitrogen and oxygen atoms in total. The molecule has 2 unspecified atom stereocenters. The number of carbonyl (C=O) groups is 3. The van der Waals surface area contributed by atoms with Crippen LogP contribution in [0.3, 0.4) is 0 Å². The predicted molar refractivity (Wildman–Crippen MR) is 138 cm³/mol. The van der Waals surface area contributed by atoms with Crippen LogP contribution < -0.4 is 10.6 Å². The van der Waals surface area contributed by atoms with Crippen LogP contribution in [0.5, 0.6) is 0 Å². The van der Waals surface area contributed by atoms with Gasteiger partial charge < -0.3 is 20.1 Å². The molecule has 2 N–H and O–H groups in total. The van der Waals surface area contributed by atoms with Gasteiger partial charge in [0.2, 0.25) is 5.91 Å². The summed E-state index contributed by atoms with van der Waals surface area (Å²) in [6.45, 7) is 1.56. The largest absolute Gasteiger partial charge is 0.461 e. The summed E-state index contributed by atoms with van der Waals surface area (Å²) < 4.78 is 10.6. The van der Waals surface area contributed by atoms with Crippen LogP contribution in [0.25, 0.3) is 0 Å². The number of nitrogens with one attached hydrogen (secondary N) is 2. The number of amides is 2. The Balaban J connectivity index is 1.26. The molecule has 0 aromatic heterocycles. The summed E-state index contributed by atoms with van der Waals surface area (Å²) in [5, 5.41) is 5.89. The number of esters is 1. The van der Waals surface area contributed by atoms with Crippen molar-refractivity contribution >= 4 is 18.0 Å². The second-order valence-electron chi connectivity index (χ2n) is 9.34. The van der Waals surface area contributed by atoms with Crippen molar-refractivity contribution in [3.63, 3.8) is 0 Å². The quantitative estimate of drug-likeness (QED) is 0.297. The van der Waals surface area contributed by atoms with Gasteiger partial charge in [0.1, 0.15) is 13.2 Å². The Morgan fingerprint density at radius 1 is 0.750 bits per heavy atom. The lowest BCUT2D eigenvalue weighted by Gasteiger charge is -2.30. The third kappa shape index (κ3) is 10.1. The molecule has 2 aromatic rings. The highest BCUT2D eigenvalue weighted by Gasteiger charge is 2.31. The first-order valence-corrected chi connectivity index (χ1v) is 13.0. The number of alkyl carbamates (subject to hydrolysis) is 1. The molecular formula is C29H38N2O5. The molecule has 2 amide bonds. The number of hydrogen-bond acceptors (Lipinski definition) is 5. The first-order valence-electron chi connectivity index (χ1n) is 13.0. The van der Waals surface area contributed by atoms with Crippen LogP contribution in [0.1, 0.15) is 62.5 Å². The molecule has 0 heterocycles. The Morgan fingerprint density at radius 3 is 2.08 bits per heavy atom. The van der Waals surface area contributed by atoms with Gasteiger partial charge in [-0.3, -0.25) is 9.59 Å². The lowest BCUT2D eigenvalue weighted by molar-refractivity contribution is -0.145. The number of rotatable bonds is 13. The summed E-state index contributed by atoms with van der Waals surface area (Å²) in [7, 11) is 0. The summed E-state index contributed by atoms with van der Waals surface area (Å²) in [6, 6.07) is 19.2. The molecule has 2 atom stereocenters. The molecule has 0 spiro atoms. The van der Waals surface area contributed by atoms with Crippen LogP contribution in [0.15, 0.2) is 60.7 Å². The minimum absolute atomic E-state index is 0.0569. The first-order chi connectivity index (χ1) is 17.6. The van der Waals surface area contributed by atoms with Crippen LogP contribution in [0.2, 0.25) is 0 Å². The Kier molecular flexibility index (Phi) is 11.8. The molecule has 1 fully saturated rings. The van der Waals surface area contributed by atoms with E-state index >= 15 is 0 Å². The van der Waals surface area contributed by atoms with E-state index in [1.54, 1.807) is 0 Å². The normalized spacial score (nSPS) is 17.1. The van der Waals surface area contributed by atoms with E-state index in [1.807, 2.05) is 60.7 Å². The van der Waals surface area contributed by atoms with Crippen molar-refractivity contribution in [1.29, 1.82) is 0 Å². The van der Waals surface area contributed by atoms with E-state index in [0.29, 0.717) is 26.1 Å². The zero-order chi connectivity index (χ0) is 25.4. The van der Waals surface area contributed by atoms with Crippen molar-refractivity contribution in [2.75, 3.05) is 13.1 Å². The molecule has 2 aromatic carbocycles. The first kappa shape index (κ1) is 27.2. The Morgan fingerprint density at radius 2 is 1.39 bits per heavy atom. The lowest BCUT2D eigenvalue weighted by Crippen LogP contribution is -2.42. The zero-order valence-electron chi connectivity index (χ0n) is 21.0. The SMILES string of the molecule is O=C(CCCCCNC(=O)C1CCCCC1CNC(=O)OCc1ccccc1)OCc1ccccc1. The van der Waals surface area contributed by atoms with Crippen molar-refractivity contribution in [3.8, 4) is 0 Å². The number of carbonyl (C=O) groups excluding carboxylic acids is 3. The third-order valence-electron chi connectivity index (χ3n) is 6.57. The summed E-state index contributed by atoms with van der Waals surface area (Å²) >= 11 is 0. The molecule has 194 valence electrons. The van der Waals surface area contributed by atoms with Gasteiger partial charge in [-0.25, -0.2) is 4.79 Å². The van der Waals surface area contributed by atoms with Gasteiger partial charge in [0.05, 0.1) is 0 Å². The fraction of sp³-hybridized carbons (Fsp3) is 0.483. The molecule has 1 saturated carbocycles. The smallest absolute Gasteiger partial charge is 0.407 e. The van der Waals surface area contributed by atoms with E-state index in [4.69, 9.17) is 9.47 Å². The maximum Gasteiger partial charge on any atom is 0.407 e. The molecular weight excluding hydrogens is 456 g/mol. The van der Waals surface area contributed by atoms with E-state index in [-0.39, 0.29) is 30.3 Å². The van der Waals surface area contributed by atoms with Crippen molar-refractivity contribution < 1.29 is 23.9 Å². The average Bonchev–Trinajstić information content (AvgIpc) is 2.92. The molecule has 7 heteroatoms. The summed E-state index contributed by atoms with van der Waals surface area (Å²) in [5.74, 6) is -0.118. The molecule has 0 radical (unpaired) electrons. The predicted octanol–water partition coefficient (Wildman–Crippen LogP) is 5.14. The van der Waals surface area contributed by atoms with E-state index in [1.165, 1.54) is 0 Å². The number of benzene rings is 2. The Labute approximate surface area is 213 Å². The third-order valence-corrected chi connectivity index (χ3v) is 6.57. The molecule has 3 rings (SSSR count). The van der Waals surface area contributed by atoms with Crippen LogP contribution in [-0.4, -0.2) is 31.1 Å². The van der Waals surface area contributed by atoms with Gasteiger partial charge in [-0.05, 0) is 42.7 Å². The molecule has 0 aliphatic heterocycles. The number of unbranched alkanes of at least 4 members (excludes halogenated alkanes) is 2. The van der Waals surface area contributed by atoms with Crippen LogP contribution in [0.4, 0.5) is 4.79 Å². The highest BCUT2D eigenvalue weighted by atomic mass is 16.5. The van der Waals surface area contributed by atoms with Crippen LogP contribution in [-0.2, 0) is 32.3 Å². The molecule has 0 saturated heterocycles. The van der Waals surface area contributed by atoms with Crippen molar-refractivity contribution in [1.82, 2.24) is 10.6 Å². The molecule has 0 bridgehead atoms. The highest BCUT2D eigenvalue weighted by molar-refractivity contribution is 5.79. The van der Waals surface area contributed by atoms with Gasteiger partial charge in [-0.15, -0.1) is 0 Å². The van der Waals surface area contributed by atoms with Gasteiger partial charge >= 0.3 is 12.1 Å². The minimum atomic E-state index is -0.453. The average molecular weight is 495 g/mol. The number of hydrogen-bond donors (Lipinski definition) is 2. The topological polar surface area (TPSA) is 93.7 Å². The Bertz CT molecular complexity index is 935. The molecule has 36 heavy (non-hydrogen) atoms. The fourth-order valence-electron chi connectivity index (χ4n) is 4.51. The summed E-state index contributed by atoms with van der Waals surface area (Å²) in [4.78, 5) is 36.8. The van der Waals surface area contributed by atoms with Gasteiger partial charge in [-0.2, -0.15) is 0 Å². The molecule has 1 aliphatic carbocycles. The van der Waals surface area contributed by atoms with Crippen molar-refractivity contribution in [2.45, 2.75) is 64.6 Å². The van der Waals surface area contributed by atoms with E-state index in [0.717, 1.165) is 56.1 Å². The van der Waals surface area contributed by atoms with E-state index < -0.39 is 6.09 Å². The lowest BCUT2D eigenvalue weighted by atomic mass is 9.78. The van der Waals surface area contributed by atoms with Crippen molar-refractivity contribution in [3.05, 3.63) is 71.8 Å². The monoisotopic (exact) mass is 494 g/mol. The maximum atomic E-state index is 12.8. The molecule has 1 aliphatic rings. The second kappa shape index (κ2) is 15.6. The van der Waals surface area contributed by atoms with E-state index in [2.05, 4.69) is 10.6 Å². The maximum absolute atomic E-state index is 12.8. The second-order valence-corrected chi connectivity index (χ2v) is 9.34. The zero-order valence-corrected chi connectivity index (χ0v) is 21.0.